The second kappa shape index (κ2) is 7.41. The maximum Gasteiger partial charge on any atom is 0.319 e. The number of carbonyl (C=O) groups excluding carboxylic acids is 1. The molecule has 0 aliphatic rings. The van der Waals surface area contributed by atoms with E-state index < -0.39 is 0 Å². The molecule has 3 rings (SSSR count). The molecule has 2 N–H and O–H groups in total. The number of thioether (sulfide) groups is 1. The van der Waals surface area contributed by atoms with Gasteiger partial charge in [-0.05, 0) is 47.9 Å². The minimum absolute atomic E-state index is 0.181. The Morgan fingerprint density at radius 3 is 2.33 bits per heavy atom. The molecule has 0 fully saturated rings. The zero-order valence-corrected chi connectivity index (χ0v) is 14.6. The lowest BCUT2D eigenvalue weighted by Crippen LogP contribution is -2.28. The van der Waals surface area contributed by atoms with Gasteiger partial charge in [0.05, 0.1) is 5.69 Å². The number of benzene rings is 3. The van der Waals surface area contributed by atoms with E-state index >= 15 is 0 Å². The average molecular weight is 336 g/mol. The van der Waals surface area contributed by atoms with Crippen LogP contribution < -0.4 is 10.6 Å². The van der Waals surface area contributed by atoms with Crippen molar-refractivity contribution in [2.75, 3.05) is 18.1 Å². The van der Waals surface area contributed by atoms with Gasteiger partial charge in [-0.3, -0.25) is 0 Å². The molecule has 24 heavy (non-hydrogen) atoms. The van der Waals surface area contributed by atoms with E-state index in [1.807, 2.05) is 31.2 Å². The summed E-state index contributed by atoms with van der Waals surface area (Å²) >= 11 is 1.74. The molecule has 3 aromatic carbocycles. The third kappa shape index (κ3) is 3.39. The van der Waals surface area contributed by atoms with Crippen molar-refractivity contribution in [1.82, 2.24) is 5.32 Å². The van der Waals surface area contributed by atoms with E-state index in [-0.39, 0.29) is 6.03 Å². The minimum Gasteiger partial charge on any atom is -0.338 e. The molecule has 0 spiro atoms. The molecular formula is C20H20N2OS. The number of rotatable bonds is 4. The van der Waals surface area contributed by atoms with E-state index in [2.05, 4.69) is 53.3 Å². The lowest BCUT2D eigenvalue weighted by atomic mass is 9.97. The quantitative estimate of drug-likeness (QED) is 0.629. The largest absolute Gasteiger partial charge is 0.338 e. The van der Waals surface area contributed by atoms with Crippen LogP contribution in [0.25, 0.3) is 21.9 Å². The Balaban J connectivity index is 2.06. The Labute approximate surface area is 146 Å². The number of fused-ring (bicyclic) bond motifs is 1. The highest BCUT2D eigenvalue weighted by Gasteiger charge is 2.09. The molecule has 3 aromatic rings. The summed E-state index contributed by atoms with van der Waals surface area (Å²) in [6.07, 6.45) is 2.08. The highest BCUT2D eigenvalue weighted by molar-refractivity contribution is 7.98. The van der Waals surface area contributed by atoms with Gasteiger partial charge in [0.15, 0.2) is 0 Å². The first-order chi connectivity index (χ1) is 11.7. The smallest absolute Gasteiger partial charge is 0.319 e. The van der Waals surface area contributed by atoms with Crippen molar-refractivity contribution in [1.29, 1.82) is 0 Å². The van der Waals surface area contributed by atoms with E-state index in [9.17, 15) is 4.79 Å². The van der Waals surface area contributed by atoms with Crippen molar-refractivity contribution in [2.45, 2.75) is 11.8 Å². The van der Waals surface area contributed by atoms with Crippen LogP contribution >= 0.6 is 11.8 Å². The normalized spacial score (nSPS) is 10.6. The van der Waals surface area contributed by atoms with Gasteiger partial charge in [0, 0.05) is 16.8 Å². The molecule has 0 radical (unpaired) electrons. The SMILES string of the molecule is CCNC(=O)Nc1ccc(-c2ccc(SC)cc2)c2ccccc12. The van der Waals surface area contributed by atoms with Crippen LogP contribution in [0.4, 0.5) is 10.5 Å². The Kier molecular flexibility index (Phi) is 5.06. The van der Waals surface area contributed by atoms with Crippen molar-refractivity contribution in [3.8, 4) is 11.1 Å². The van der Waals surface area contributed by atoms with E-state index in [0.717, 1.165) is 16.5 Å². The summed E-state index contributed by atoms with van der Waals surface area (Å²) in [5.41, 5.74) is 3.16. The summed E-state index contributed by atoms with van der Waals surface area (Å²) in [6, 6.07) is 20.6. The lowest BCUT2D eigenvalue weighted by Gasteiger charge is -2.13. The molecule has 0 aromatic heterocycles. The van der Waals surface area contributed by atoms with Gasteiger partial charge in [0.25, 0.3) is 0 Å². The van der Waals surface area contributed by atoms with Gasteiger partial charge in [-0.2, -0.15) is 0 Å². The molecule has 4 heteroatoms. The lowest BCUT2D eigenvalue weighted by molar-refractivity contribution is 0.252. The highest BCUT2D eigenvalue weighted by atomic mass is 32.2. The van der Waals surface area contributed by atoms with Gasteiger partial charge in [-0.15, -0.1) is 11.8 Å². The van der Waals surface area contributed by atoms with E-state index in [4.69, 9.17) is 0 Å². The summed E-state index contributed by atoms with van der Waals surface area (Å²) in [5.74, 6) is 0. The van der Waals surface area contributed by atoms with Gasteiger partial charge in [0.2, 0.25) is 0 Å². The van der Waals surface area contributed by atoms with Crippen LogP contribution in [0.15, 0.2) is 65.6 Å². The summed E-state index contributed by atoms with van der Waals surface area (Å²) in [6.45, 7) is 2.50. The average Bonchev–Trinajstić information content (AvgIpc) is 2.62. The van der Waals surface area contributed by atoms with Gasteiger partial charge < -0.3 is 10.6 Å². The zero-order valence-electron chi connectivity index (χ0n) is 13.8. The number of urea groups is 1. The molecule has 0 atom stereocenters. The maximum atomic E-state index is 11.9. The Morgan fingerprint density at radius 2 is 1.67 bits per heavy atom. The fourth-order valence-corrected chi connectivity index (χ4v) is 3.17. The fraction of sp³-hybridized carbons (Fsp3) is 0.150. The molecule has 0 aliphatic carbocycles. The fourth-order valence-electron chi connectivity index (χ4n) is 2.76. The number of hydrogen-bond acceptors (Lipinski definition) is 2. The van der Waals surface area contributed by atoms with Crippen LogP contribution in [0.3, 0.4) is 0 Å². The summed E-state index contributed by atoms with van der Waals surface area (Å²) in [5, 5.41) is 7.86. The van der Waals surface area contributed by atoms with Gasteiger partial charge in [-0.25, -0.2) is 4.79 Å². The monoisotopic (exact) mass is 336 g/mol. The first kappa shape index (κ1) is 16.4. The van der Waals surface area contributed by atoms with Gasteiger partial charge >= 0.3 is 6.03 Å². The van der Waals surface area contributed by atoms with Crippen LogP contribution in [0.2, 0.25) is 0 Å². The Morgan fingerprint density at radius 1 is 0.958 bits per heavy atom. The summed E-state index contributed by atoms with van der Waals surface area (Å²) < 4.78 is 0. The topological polar surface area (TPSA) is 41.1 Å². The molecule has 0 heterocycles. The molecule has 2 amide bonds. The number of nitrogens with one attached hydrogen (secondary N) is 2. The Bertz CT molecular complexity index is 859. The number of hydrogen-bond donors (Lipinski definition) is 2. The second-order valence-corrected chi connectivity index (χ2v) is 6.30. The summed E-state index contributed by atoms with van der Waals surface area (Å²) in [4.78, 5) is 13.1. The van der Waals surface area contributed by atoms with E-state index in [1.165, 1.54) is 16.0 Å². The van der Waals surface area contributed by atoms with Crippen molar-refractivity contribution in [3.05, 3.63) is 60.7 Å². The highest BCUT2D eigenvalue weighted by Crippen LogP contribution is 2.33. The maximum absolute atomic E-state index is 11.9. The van der Waals surface area contributed by atoms with Crippen LogP contribution in [0, 0.1) is 0 Å². The first-order valence-corrected chi connectivity index (χ1v) is 9.16. The van der Waals surface area contributed by atoms with Crippen molar-refractivity contribution < 1.29 is 4.79 Å². The van der Waals surface area contributed by atoms with Crippen molar-refractivity contribution in [3.63, 3.8) is 0 Å². The molecule has 122 valence electrons. The molecule has 0 saturated carbocycles. The molecule has 0 bridgehead atoms. The predicted molar refractivity (Wildman–Crippen MR) is 104 cm³/mol. The number of carbonyl (C=O) groups is 1. The molecule has 3 nitrogen and oxygen atoms in total. The third-order valence-corrected chi connectivity index (χ3v) is 4.65. The van der Waals surface area contributed by atoms with E-state index in [1.54, 1.807) is 11.8 Å². The van der Waals surface area contributed by atoms with Gasteiger partial charge in [-0.1, -0.05) is 42.5 Å². The molecule has 0 unspecified atom stereocenters. The Hall–Kier alpha value is -2.46. The second-order valence-electron chi connectivity index (χ2n) is 5.42. The molecule has 0 saturated heterocycles. The third-order valence-electron chi connectivity index (χ3n) is 3.91. The van der Waals surface area contributed by atoms with Gasteiger partial charge in [0.1, 0.15) is 0 Å². The molecule has 0 aliphatic heterocycles. The van der Waals surface area contributed by atoms with Crippen LogP contribution in [-0.4, -0.2) is 18.8 Å². The first-order valence-electron chi connectivity index (χ1n) is 7.94. The summed E-state index contributed by atoms with van der Waals surface area (Å²) in [7, 11) is 0. The van der Waals surface area contributed by atoms with E-state index in [0.29, 0.717) is 6.54 Å². The minimum atomic E-state index is -0.181. The van der Waals surface area contributed by atoms with Crippen LogP contribution in [0.5, 0.6) is 0 Å². The van der Waals surface area contributed by atoms with Crippen LogP contribution in [-0.2, 0) is 0 Å². The van der Waals surface area contributed by atoms with Crippen LogP contribution in [0.1, 0.15) is 6.92 Å². The zero-order chi connectivity index (χ0) is 16.9. The van der Waals surface area contributed by atoms with Crippen molar-refractivity contribution >= 4 is 34.3 Å². The predicted octanol–water partition coefficient (Wildman–Crippen LogP) is 5.37. The van der Waals surface area contributed by atoms with Crippen molar-refractivity contribution in [2.24, 2.45) is 0 Å². The number of amides is 2. The number of anilines is 1. The molecular weight excluding hydrogens is 316 g/mol. The standard InChI is InChI=1S/C20H20N2OS/c1-3-21-20(23)22-19-13-12-16(17-6-4-5-7-18(17)19)14-8-10-15(24-2)11-9-14/h4-13H,3H2,1-2H3,(H2,21,22,23).